The number of ether oxygens (including phenoxy) is 1. The van der Waals surface area contributed by atoms with Crippen LogP contribution in [0.2, 0.25) is 10.0 Å². The average molecular weight is 527 g/mol. The summed E-state index contributed by atoms with van der Waals surface area (Å²) in [6.07, 6.45) is 0. The Morgan fingerprint density at radius 3 is 2.37 bits per heavy atom. The number of carbonyl (C=O) groups excluding carboxylic acids is 2. The molecule has 178 valence electrons. The molecule has 0 aliphatic rings. The van der Waals surface area contributed by atoms with Gasteiger partial charge in [0.1, 0.15) is 0 Å². The van der Waals surface area contributed by atoms with Gasteiger partial charge in [0.15, 0.2) is 11.0 Å². The van der Waals surface area contributed by atoms with Crippen molar-refractivity contribution in [3.8, 4) is 17.1 Å². The maximum absolute atomic E-state index is 12.6. The third-order valence-corrected chi connectivity index (χ3v) is 6.50. The number of aromatic nitrogens is 3. The summed E-state index contributed by atoms with van der Waals surface area (Å²) in [7, 11) is 1.32. The Morgan fingerprint density at radius 2 is 1.71 bits per heavy atom. The number of rotatable bonds is 7. The van der Waals surface area contributed by atoms with E-state index < -0.39 is 5.97 Å². The van der Waals surface area contributed by atoms with Gasteiger partial charge in [0.05, 0.1) is 23.4 Å². The Hall–Kier alpha value is -3.33. The van der Waals surface area contributed by atoms with Crippen molar-refractivity contribution in [1.29, 1.82) is 0 Å². The lowest BCUT2D eigenvalue weighted by atomic mass is 10.2. The zero-order chi connectivity index (χ0) is 24.9. The van der Waals surface area contributed by atoms with Crippen molar-refractivity contribution in [2.45, 2.75) is 12.1 Å². The maximum Gasteiger partial charge on any atom is 0.337 e. The van der Waals surface area contributed by atoms with Gasteiger partial charge in [0.2, 0.25) is 5.91 Å². The number of aryl methyl sites for hydroxylation is 1. The van der Waals surface area contributed by atoms with Gasteiger partial charge in [0.25, 0.3) is 0 Å². The van der Waals surface area contributed by atoms with Crippen LogP contribution in [0.1, 0.15) is 15.9 Å². The molecule has 35 heavy (non-hydrogen) atoms. The van der Waals surface area contributed by atoms with Gasteiger partial charge in [-0.15, -0.1) is 10.2 Å². The van der Waals surface area contributed by atoms with Crippen LogP contribution in [0, 0.1) is 6.92 Å². The average Bonchev–Trinajstić information content (AvgIpc) is 3.27. The molecule has 0 radical (unpaired) electrons. The molecule has 0 bridgehead atoms. The second kappa shape index (κ2) is 10.9. The molecule has 0 aliphatic carbocycles. The Balaban J connectivity index is 1.56. The van der Waals surface area contributed by atoms with Crippen LogP contribution in [0.5, 0.6) is 0 Å². The fraction of sp³-hybridized carbons (Fsp3) is 0.120. The van der Waals surface area contributed by atoms with Crippen LogP contribution in [-0.2, 0) is 9.53 Å². The van der Waals surface area contributed by atoms with E-state index in [1.54, 1.807) is 42.5 Å². The molecule has 1 aromatic heterocycles. The maximum atomic E-state index is 12.6. The third-order valence-electron chi connectivity index (χ3n) is 5.02. The first-order valence-electron chi connectivity index (χ1n) is 10.4. The number of amides is 1. The molecule has 4 rings (SSSR count). The Labute approximate surface area is 216 Å². The molecule has 0 atom stereocenters. The lowest BCUT2D eigenvalue weighted by Crippen LogP contribution is -2.14. The van der Waals surface area contributed by atoms with E-state index in [0.717, 1.165) is 11.3 Å². The first kappa shape index (κ1) is 24.8. The molecule has 7 nitrogen and oxygen atoms in total. The molecule has 0 spiro atoms. The van der Waals surface area contributed by atoms with E-state index in [1.165, 1.54) is 18.9 Å². The monoisotopic (exact) mass is 526 g/mol. The minimum Gasteiger partial charge on any atom is -0.465 e. The molecular formula is C25H20Cl2N4O3S. The number of benzene rings is 3. The lowest BCUT2D eigenvalue weighted by Gasteiger charge is -2.12. The molecule has 4 aromatic rings. The van der Waals surface area contributed by atoms with Crippen molar-refractivity contribution < 1.29 is 14.3 Å². The van der Waals surface area contributed by atoms with E-state index >= 15 is 0 Å². The summed E-state index contributed by atoms with van der Waals surface area (Å²) in [6, 6.07) is 19.5. The first-order chi connectivity index (χ1) is 16.9. The Morgan fingerprint density at radius 1 is 1.00 bits per heavy atom. The predicted octanol–water partition coefficient (Wildman–Crippen LogP) is 6.07. The summed E-state index contributed by atoms with van der Waals surface area (Å²) in [5, 5.41) is 13.0. The van der Waals surface area contributed by atoms with E-state index in [2.05, 4.69) is 20.3 Å². The number of methoxy groups -OCH3 is 1. The third kappa shape index (κ3) is 5.85. The summed E-state index contributed by atoms with van der Waals surface area (Å²) >= 11 is 13.8. The van der Waals surface area contributed by atoms with Crippen LogP contribution in [0.4, 0.5) is 5.69 Å². The zero-order valence-electron chi connectivity index (χ0n) is 18.8. The number of carbonyl (C=O) groups is 2. The van der Waals surface area contributed by atoms with Crippen LogP contribution < -0.4 is 5.32 Å². The van der Waals surface area contributed by atoms with Crippen LogP contribution in [0.15, 0.2) is 71.9 Å². The van der Waals surface area contributed by atoms with E-state index in [1.807, 2.05) is 35.8 Å². The Bertz CT molecular complexity index is 1370. The standard InChI is InChI=1S/C25H20Cl2N4O3S/c1-15-3-10-19(11-4-15)31-23(20-12-7-17(26)13-21(20)27)29-30-25(31)35-14-22(32)28-18-8-5-16(6-9-18)24(33)34-2/h3-13H,14H2,1-2H3,(H,28,32). The summed E-state index contributed by atoms with van der Waals surface area (Å²) in [4.78, 5) is 24.2. The molecule has 10 heteroatoms. The largest absolute Gasteiger partial charge is 0.465 e. The number of hydrogen-bond acceptors (Lipinski definition) is 6. The van der Waals surface area contributed by atoms with Gasteiger partial charge in [-0.25, -0.2) is 4.79 Å². The first-order valence-corrected chi connectivity index (χ1v) is 12.2. The summed E-state index contributed by atoms with van der Waals surface area (Å²) < 4.78 is 6.55. The van der Waals surface area contributed by atoms with Crippen molar-refractivity contribution in [3.63, 3.8) is 0 Å². The smallest absolute Gasteiger partial charge is 0.337 e. The number of nitrogens with one attached hydrogen (secondary N) is 1. The van der Waals surface area contributed by atoms with Gasteiger partial charge in [-0.1, -0.05) is 52.7 Å². The quantitative estimate of drug-likeness (QED) is 0.232. The fourth-order valence-electron chi connectivity index (χ4n) is 3.27. The van der Waals surface area contributed by atoms with Crippen LogP contribution >= 0.6 is 35.0 Å². The highest BCUT2D eigenvalue weighted by atomic mass is 35.5. The molecule has 0 fully saturated rings. The van der Waals surface area contributed by atoms with E-state index in [9.17, 15) is 9.59 Å². The second-order valence-corrected chi connectivity index (χ2v) is 9.29. The van der Waals surface area contributed by atoms with E-state index in [4.69, 9.17) is 23.2 Å². The number of nitrogens with zero attached hydrogens (tertiary/aromatic N) is 3. The molecule has 1 heterocycles. The van der Waals surface area contributed by atoms with Crippen molar-refractivity contribution in [2.75, 3.05) is 18.2 Å². The molecule has 0 saturated heterocycles. The highest BCUT2D eigenvalue weighted by Crippen LogP contribution is 2.33. The predicted molar refractivity (Wildman–Crippen MR) is 139 cm³/mol. The fourth-order valence-corrected chi connectivity index (χ4v) is 4.51. The van der Waals surface area contributed by atoms with E-state index in [-0.39, 0.29) is 11.7 Å². The van der Waals surface area contributed by atoms with Gasteiger partial charge in [0, 0.05) is 22.0 Å². The molecule has 1 N–H and O–H groups in total. The molecule has 1 amide bonds. The lowest BCUT2D eigenvalue weighted by molar-refractivity contribution is -0.113. The van der Waals surface area contributed by atoms with Crippen molar-refractivity contribution in [1.82, 2.24) is 14.8 Å². The number of anilines is 1. The number of esters is 1. The van der Waals surface area contributed by atoms with E-state index in [0.29, 0.717) is 37.8 Å². The molecule has 0 aliphatic heterocycles. The Kier molecular flexibility index (Phi) is 7.75. The topological polar surface area (TPSA) is 86.1 Å². The van der Waals surface area contributed by atoms with Crippen molar-refractivity contribution in [2.24, 2.45) is 0 Å². The van der Waals surface area contributed by atoms with Crippen molar-refractivity contribution in [3.05, 3.63) is 87.9 Å². The minimum absolute atomic E-state index is 0.0943. The van der Waals surface area contributed by atoms with Crippen LogP contribution in [0.25, 0.3) is 17.1 Å². The minimum atomic E-state index is -0.439. The summed E-state index contributed by atoms with van der Waals surface area (Å²) in [5.41, 5.74) is 3.59. The van der Waals surface area contributed by atoms with Gasteiger partial charge < -0.3 is 10.1 Å². The number of hydrogen-bond donors (Lipinski definition) is 1. The van der Waals surface area contributed by atoms with Gasteiger partial charge in [-0.3, -0.25) is 9.36 Å². The van der Waals surface area contributed by atoms with Crippen LogP contribution in [0.3, 0.4) is 0 Å². The van der Waals surface area contributed by atoms with Crippen molar-refractivity contribution >= 4 is 52.5 Å². The normalized spacial score (nSPS) is 10.7. The SMILES string of the molecule is COC(=O)c1ccc(NC(=O)CSc2nnc(-c3ccc(Cl)cc3Cl)n2-c2ccc(C)cc2)cc1. The molecular weight excluding hydrogens is 507 g/mol. The number of thioether (sulfide) groups is 1. The summed E-state index contributed by atoms with van der Waals surface area (Å²) in [5.74, 6) is -0.0375. The molecule has 3 aromatic carbocycles. The highest BCUT2D eigenvalue weighted by Gasteiger charge is 2.19. The van der Waals surface area contributed by atoms with Gasteiger partial charge in [-0.2, -0.15) is 0 Å². The van der Waals surface area contributed by atoms with Crippen LogP contribution in [-0.4, -0.2) is 39.5 Å². The van der Waals surface area contributed by atoms with Gasteiger partial charge in [-0.05, 0) is 61.5 Å². The van der Waals surface area contributed by atoms with Gasteiger partial charge >= 0.3 is 5.97 Å². The zero-order valence-corrected chi connectivity index (χ0v) is 21.1. The molecule has 0 unspecified atom stereocenters. The second-order valence-electron chi connectivity index (χ2n) is 7.51. The number of halogens is 2. The molecule has 0 saturated carbocycles. The highest BCUT2D eigenvalue weighted by molar-refractivity contribution is 7.99. The summed E-state index contributed by atoms with van der Waals surface area (Å²) in [6.45, 7) is 2.00.